The van der Waals surface area contributed by atoms with Gasteiger partial charge in [0.2, 0.25) is 0 Å². The van der Waals surface area contributed by atoms with Crippen molar-refractivity contribution in [3.05, 3.63) is 63.9 Å². The molecule has 0 bridgehead atoms. The molecule has 0 saturated carbocycles. The SMILES string of the molecule is OC1(c2ccccn2)CCCc2ccc(Br)cc21. The van der Waals surface area contributed by atoms with Crippen LogP contribution in [0.5, 0.6) is 0 Å². The lowest BCUT2D eigenvalue weighted by Gasteiger charge is -2.34. The summed E-state index contributed by atoms with van der Waals surface area (Å²) >= 11 is 3.48. The van der Waals surface area contributed by atoms with Gasteiger partial charge >= 0.3 is 0 Å². The van der Waals surface area contributed by atoms with Crippen molar-refractivity contribution in [3.8, 4) is 0 Å². The fourth-order valence-corrected chi connectivity index (χ4v) is 3.06. The van der Waals surface area contributed by atoms with Crippen LogP contribution in [0.1, 0.15) is 29.7 Å². The van der Waals surface area contributed by atoms with Crippen molar-refractivity contribution in [1.82, 2.24) is 4.98 Å². The highest BCUT2D eigenvalue weighted by Crippen LogP contribution is 2.40. The zero-order chi connectivity index (χ0) is 12.6. The van der Waals surface area contributed by atoms with Gasteiger partial charge < -0.3 is 5.11 Å². The molecule has 1 atom stereocenters. The van der Waals surface area contributed by atoms with E-state index in [0.29, 0.717) is 0 Å². The van der Waals surface area contributed by atoms with Gasteiger partial charge in [0.25, 0.3) is 0 Å². The molecular formula is C15H14BrNO. The van der Waals surface area contributed by atoms with Gasteiger partial charge in [-0.3, -0.25) is 4.98 Å². The summed E-state index contributed by atoms with van der Waals surface area (Å²) in [5, 5.41) is 11.0. The molecule has 0 saturated heterocycles. The molecule has 0 radical (unpaired) electrons. The molecule has 2 nitrogen and oxygen atoms in total. The third-order valence-corrected chi connectivity index (χ3v) is 4.08. The summed E-state index contributed by atoms with van der Waals surface area (Å²) < 4.78 is 0.998. The summed E-state index contributed by atoms with van der Waals surface area (Å²) in [6.45, 7) is 0. The second kappa shape index (κ2) is 4.48. The van der Waals surface area contributed by atoms with Crippen LogP contribution in [-0.4, -0.2) is 10.1 Å². The Bertz CT molecular complexity index is 570. The quantitative estimate of drug-likeness (QED) is 0.876. The number of aliphatic hydroxyl groups is 1. The second-order valence-electron chi connectivity index (χ2n) is 4.73. The van der Waals surface area contributed by atoms with Crippen LogP contribution in [0.15, 0.2) is 47.1 Å². The van der Waals surface area contributed by atoms with Gasteiger partial charge in [-0.15, -0.1) is 0 Å². The molecule has 0 spiro atoms. The molecule has 92 valence electrons. The van der Waals surface area contributed by atoms with E-state index in [9.17, 15) is 5.11 Å². The van der Waals surface area contributed by atoms with Gasteiger partial charge in [0.15, 0.2) is 0 Å². The number of halogens is 1. The van der Waals surface area contributed by atoms with Crippen molar-refractivity contribution in [2.24, 2.45) is 0 Å². The minimum Gasteiger partial charge on any atom is -0.379 e. The van der Waals surface area contributed by atoms with Crippen molar-refractivity contribution in [2.45, 2.75) is 24.9 Å². The lowest BCUT2D eigenvalue weighted by atomic mass is 9.77. The first kappa shape index (κ1) is 11.9. The second-order valence-corrected chi connectivity index (χ2v) is 5.65. The van der Waals surface area contributed by atoms with E-state index in [1.807, 2.05) is 30.3 Å². The minimum absolute atomic E-state index is 0.730. The highest BCUT2D eigenvalue weighted by atomic mass is 79.9. The van der Waals surface area contributed by atoms with Gasteiger partial charge in [0.05, 0.1) is 5.69 Å². The monoisotopic (exact) mass is 303 g/mol. The van der Waals surface area contributed by atoms with Crippen LogP contribution in [0.3, 0.4) is 0 Å². The Kier molecular flexibility index (Phi) is 2.96. The first-order valence-electron chi connectivity index (χ1n) is 6.13. The van der Waals surface area contributed by atoms with Crippen molar-refractivity contribution < 1.29 is 5.11 Å². The largest absolute Gasteiger partial charge is 0.379 e. The molecule has 0 fully saturated rings. The molecule has 1 aromatic heterocycles. The van der Waals surface area contributed by atoms with Gasteiger partial charge in [-0.2, -0.15) is 0 Å². The highest BCUT2D eigenvalue weighted by Gasteiger charge is 2.37. The van der Waals surface area contributed by atoms with Gasteiger partial charge in [0, 0.05) is 10.7 Å². The Morgan fingerprint density at radius 1 is 1.22 bits per heavy atom. The number of nitrogens with zero attached hydrogens (tertiary/aromatic N) is 1. The number of aryl methyl sites for hydroxylation is 1. The maximum Gasteiger partial charge on any atom is 0.132 e. The number of benzene rings is 1. The predicted molar refractivity (Wildman–Crippen MR) is 74.3 cm³/mol. The number of hydrogen-bond donors (Lipinski definition) is 1. The van der Waals surface area contributed by atoms with Crippen LogP contribution >= 0.6 is 15.9 Å². The van der Waals surface area contributed by atoms with Crippen molar-refractivity contribution in [1.29, 1.82) is 0 Å². The topological polar surface area (TPSA) is 33.1 Å². The number of aromatic nitrogens is 1. The number of pyridine rings is 1. The van der Waals surface area contributed by atoms with E-state index < -0.39 is 5.60 Å². The molecule has 0 aliphatic heterocycles. The van der Waals surface area contributed by atoms with Gasteiger partial charge in [-0.1, -0.05) is 28.1 Å². The molecule has 3 rings (SSSR count). The van der Waals surface area contributed by atoms with Crippen LogP contribution < -0.4 is 0 Å². The van der Waals surface area contributed by atoms with Crippen molar-refractivity contribution in [2.75, 3.05) is 0 Å². The van der Waals surface area contributed by atoms with E-state index in [1.54, 1.807) is 6.20 Å². The molecule has 3 heteroatoms. The van der Waals surface area contributed by atoms with Gasteiger partial charge in [-0.25, -0.2) is 0 Å². The van der Waals surface area contributed by atoms with Crippen LogP contribution in [-0.2, 0) is 12.0 Å². The number of rotatable bonds is 1. The minimum atomic E-state index is -0.946. The fraction of sp³-hybridized carbons (Fsp3) is 0.267. The van der Waals surface area contributed by atoms with E-state index >= 15 is 0 Å². The summed E-state index contributed by atoms with van der Waals surface area (Å²) in [4.78, 5) is 4.34. The Labute approximate surface area is 115 Å². The summed E-state index contributed by atoms with van der Waals surface area (Å²) in [6.07, 6.45) is 4.48. The molecular weight excluding hydrogens is 290 g/mol. The lowest BCUT2D eigenvalue weighted by molar-refractivity contribution is 0.0571. The molecule has 1 aliphatic carbocycles. The van der Waals surface area contributed by atoms with E-state index in [0.717, 1.165) is 35.0 Å². The number of fused-ring (bicyclic) bond motifs is 1. The van der Waals surface area contributed by atoms with Crippen molar-refractivity contribution in [3.63, 3.8) is 0 Å². The molecule has 1 aliphatic rings. The summed E-state index contributed by atoms with van der Waals surface area (Å²) in [5.41, 5.74) is 2.00. The standard InChI is InChI=1S/C15H14BrNO/c16-12-7-6-11-4-3-8-15(18,13(11)10-12)14-5-1-2-9-17-14/h1-2,5-7,9-10,18H,3-4,8H2. The summed E-state index contributed by atoms with van der Waals surface area (Å²) in [5.74, 6) is 0. The van der Waals surface area contributed by atoms with E-state index in [1.165, 1.54) is 5.56 Å². The molecule has 1 heterocycles. The Hall–Kier alpha value is -1.19. The maximum absolute atomic E-state index is 11.0. The predicted octanol–water partition coefficient (Wildman–Crippen LogP) is 3.42. The number of hydrogen-bond acceptors (Lipinski definition) is 2. The average molecular weight is 304 g/mol. The molecule has 1 unspecified atom stereocenters. The average Bonchev–Trinajstić information content (AvgIpc) is 2.41. The van der Waals surface area contributed by atoms with Crippen LogP contribution in [0.2, 0.25) is 0 Å². The molecule has 18 heavy (non-hydrogen) atoms. The van der Waals surface area contributed by atoms with Gasteiger partial charge in [-0.05, 0) is 54.7 Å². The molecule has 1 N–H and O–H groups in total. The van der Waals surface area contributed by atoms with Gasteiger partial charge in [0.1, 0.15) is 5.60 Å². The zero-order valence-electron chi connectivity index (χ0n) is 9.94. The Morgan fingerprint density at radius 2 is 2.11 bits per heavy atom. The molecule has 0 amide bonds. The summed E-state index contributed by atoms with van der Waals surface area (Å²) in [6, 6.07) is 11.8. The zero-order valence-corrected chi connectivity index (χ0v) is 11.5. The van der Waals surface area contributed by atoms with E-state index in [-0.39, 0.29) is 0 Å². The first-order valence-corrected chi connectivity index (χ1v) is 6.92. The first-order chi connectivity index (χ1) is 8.70. The van der Waals surface area contributed by atoms with Crippen LogP contribution in [0.4, 0.5) is 0 Å². The molecule has 2 aromatic rings. The van der Waals surface area contributed by atoms with Crippen molar-refractivity contribution >= 4 is 15.9 Å². The smallest absolute Gasteiger partial charge is 0.132 e. The lowest BCUT2D eigenvalue weighted by Crippen LogP contribution is -2.32. The fourth-order valence-electron chi connectivity index (χ4n) is 2.69. The Morgan fingerprint density at radius 3 is 2.89 bits per heavy atom. The molecule has 1 aromatic carbocycles. The highest BCUT2D eigenvalue weighted by molar-refractivity contribution is 9.10. The third-order valence-electron chi connectivity index (χ3n) is 3.59. The summed E-state index contributed by atoms with van der Waals surface area (Å²) in [7, 11) is 0. The van der Waals surface area contributed by atoms with E-state index in [2.05, 4.69) is 27.0 Å². The third kappa shape index (κ3) is 1.88. The van der Waals surface area contributed by atoms with Crippen LogP contribution in [0, 0.1) is 0 Å². The normalized spacial score (nSPS) is 22.6. The Balaban J connectivity index is 2.18. The maximum atomic E-state index is 11.0. The van der Waals surface area contributed by atoms with Crippen LogP contribution in [0.25, 0.3) is 0 Å². The van der Waals surface area contributed by atoms with E-state index in [4.69, 9.17) is 0 Å².